The van der Waals surface area contributed by atoms with Crippen molar-refractivity contribution in [3.63, 3.8) is 0 Å². The van der Waals surface area contributed by atoms with Crippen molar-refractivity contribution in [3.8, 4) is 0 Å². The van der Waals surface area contributed by atoms with Gasteiger partial charge in [0.1, 0.15) is 5.82 Å². The first-order valence-electron chi connectivity index (χ1n) is 4.39. The van der Waals surface area contributed by atoms with Crippen LogP contribution < -0.4 is 4.72 Å². The van der Waals surface area contributed by atoms with Crippen LogP contribution in [-0.2, 0) is 10.0 Å². The summed E-state index contributed by atoms with van der Waals surface area (Å²) in [6.45, 7) is 0.341. The van der Waals surface area contributed by atoms with Gasteiger partial charge in [-0.25, -0.2) is 18.1 Å². The maximum absolute atomic E-state index is 11.9. The molecule has 1 aromatic rings. The summed E-state index contributed by atoms with van der Waals surface area (Å²) >= 11 is 0. The van der Waals surface area contributed by atoms with Gasteiger partial charge in [0.25, 0.3) is 10.0 Å². The van der Waals surface area contributed by atoms with Crippen LogP contribution in [0.4, 0.5) is 13.2 Å². The first-order chi connectivity index (χ1) is 7.63. The second kappa shape index (κ2) is 4.63. The van der Waals surface area contributed by atoms with Crippen molar-refractivity contribution in [2.45, 2.75) is 24.2 Å². The molecule has 17 heavy (non-hydrogen) atoms. The van der Waals surface area contributed by atoms with Crippen molar-refractivity contribution in [2.24, 2.45) is 0 Å². The average molecular weight is 273 g/mol. The van der Waals surface area contributed by atoms with Crippen LogP contribution in [0.1, 0.15) is 5.82 Å². The molecule has 3 N–H and O–H groups in total. The van der Waals surface area contributed by atoms with E-state index in [9.17, 15) is 21.6 Å². The third kappa shape index (κ3) is 3.68. The Morgan fingerprint density at radius 2 is 2.18 bits per heavy atom. The SMILES string of the molecule is Cc1ncc(S(=O)(=O)NCC(O)C(F)(F)F)[nH]1. The molecular weight excluding hydrogens is 263 g/mol. The van der Waals surface area contributed by atoms with Crippen LogP contribution in [0.15, 0.2) is 11.2 Å². The molecule has 0 bridgehead atoms. The number of H-pyrrole nitrogens is 1. The van der Waals surface area contributed by atoms with Gasteiger partial charge in [-0.1, -0.05) is 0 Å². The molecule has 10 heteroatoms. The van der Waals surface area contributed by atoms with Gasteiger partial charge in [0.15, 0.2) is 11.1 Å². The summed E-state index contributed by atoms with van der Waals surface area (Å²) in [5.41, 5.74) is 0. The fourth-order valence-electron chi connectivity index (χ4n) is 0.917. The van der Waals surface area contributed by atoms with Crippen molar-refractivity contribution in [1.82, 2.24) is 14.7 Å². The fourth-order valence-corrected chi connectivity index (χ4v) is 1.92. The van der Waals surface area contributed by atoms with Crippen molar-refractivity contribution in [3.05, 3.63) is 12.0 Å². The third-order valence-electron chi connectivity index (χ3n) is 1.81. The number of hydrogen-bond acceptors (Lipinski definition) is 4. The van der Waals surface area contributed by atoms with Gasteiger partial charge in [0, 0.05) is 6.54 Å². The molecule has 0 aromatic carbocycles. The maximum Gasteiger partial charge on any atom is 0.415 e. The smallest absolute Gasteiger partial charge is 0.382 e. The van der Waals surface area contributed by atoms with Crippen molar-refractivity contribution < 1.29 is 26.7 Å². The number of halogens is 3. The fraction of sp³-hybridized carbons (Fsp3) is 0.571. The molecule has 0 fully saturated rings. The summed E-state index contributed by atoms with van der Waals surface area (Å²) in [6.07, 6.45) is -6.65. The van der Waals surface area contributed by atoms with E-state index in [2.05, 4.69) is 9.97 Å². The molecule has 98 valence electrons. The summed E-state index contributed by atoms with van der Waals surface area (Å²) in [7, 11) is -4.12. The molecule has 0 aliphatic heterocycles. The van der Waals surface area contributed by atoms with E-state index in [4.69, 9.17) is 5.11 Å². The number of aromatic nitrogens is 2. The zero-order valence-electron chi connectivity index (χ0n) is 8.61. The molecular formula is C7H10F3N3O3S. The van der Waals surface area contributed by atoms with Crippen molar-refractivity contribution in [2.75, 3.05) is 6.54 Å². The lowest BCUT2D eigenvalue weighted by atomic mass is 10.4. The molecule has 0 amide bonds. The van der Waals surface area contributed by atoms with Crippen LogP contribution in [0.3, 0.4) is 0 Å². The van der Waals surface area contributed by atoms with Crippen LogP contribution in [0.2, 0.25) is 0 Å². The van der Waals surface area contributed by atoms with Gasteiger partial charge >= 0.3 is 6.18 Å². The molecule has 1 heterocycles. The molecule has 0 aliphatic carbocycles. The number of aliphatic hydroxyl groups is 1. The summed E-state index contributed by atoms with van der Waals surface area (Å²) in [4.78, 5) is 5.95. The van der Waals surface area contributed by atoms with Crippen LogP contribution in [-0.4, -0.2) is 42.3 Å². The first kappa shape index (κ1) is 13.9. The van der Waals surface area contributed by atoms with E-state index in [0.717, 1.165) is 6.20 Å². The Morgan fingerprint density at radius 1 is 1.59 bits per heavy atom. The molecule has 1 unspecified atom stereocenters. The lowest BCUT2D eigenvalue weighted by molar-refractivity contribution is -0.200. The van der Waals surface area contributed by atoms with Gasteiger partial charge < -0.3 is 10.1 Å². The number of aliphatic hydroxyl groups excluding tert-OH is 1. The van der Waals surface area contributed by atoms with Gasteiger partial charge in [-0.3, -0.25) is 0 Å². The van der Waals surface area contributed by atoms with E-state index in [-0.39, 0.29) is 5.03 Å². The quantitative estimate of drug-likeness (QED) is 0.715. The van der Waals surface area contributed by atoms with Gasteiger partial charge in [-0.05, 0) is 6.92 Å². The maximum atomic E-state index is 11.9. The molecule has 6 nitrogen and oxygen atoms in total. The highest BCUT2D eigenvalue weighted by Crippen LogP contribution is 2.19. The third-order valence-corrected chi connectivity index (χ3v) is 3.15. The van der Waals surface area contributed by atoms with E-state index in [0.29, 0.717) is 5.82 Å². The highest BCUT2D eigenvalue weighted by molar-refractivity contribution is 7.89. The Kier molecular flexibility index (Phi) is 3.79. The lowest BCUT2D eigenvalue weighted by Gasteiger charge is -2.14. The van der Waals surface area contributed by atoms with E-state index in [1.54, 1.807) is 4.72 Å². The Hall–Kier alpha value is -1.13. The molecule has 0 saturated heterocycles. The predicted octanol–water partition coefficient (Wildman–Crippen LogP) is -0.0804. The number of nitrogens with zero attached hydrogens (tertiary/aromatic N) is 1. The van der Waals surface area contributed by atoms with Crippen molar-refractivity contribution in [1.29, 1.82) is 0 Å². The second-order valence-corrected chi connectivity index (χ2v) is 4.98. The minimum Gasteiger partial charge on any atom is -0.382 e. The second-order valence-electron chi connectivity index (χ2n) is 3.24. The van der Waals surface area contributed by atoms with Crippen molar-refractivity contribution >= 4 is 10.0 Å². The summed E-state index contributed by atoms with van der Waals surface area (Å²) < 4.78 is 60.2. The summed E-state index contributed by atoms with van der Waals surface area (Å²) in [5.74, 6) is 0.307. The Labute approximate surface area is 94.9 Å². The number of alkyl halides is 3. The topological polar surface area (TPSA) is 95.1 Å². The lowest BCUT2D eigenvalue weighted by Crippen LogP contribution is -2.40. The van der Waals surface area contributed by atoms with Gasteiger partial charge in [-0.2, -0.15) is 13.2 Å². The normalized spacial score (nSPS) is 14.9. The number of hydrogen-bond donors (Lipinski definition) is 3. The molecule has 1 atom stereocenters. The van der Waals surface area contributed by atoms with Crippen LogP contribution in [0, 0.1) is 6.92 Å². The number of nitrogens with one attached hydrogen (secondary N) is 2. The number of rotatable bonds is 4. The van der Waals surface area contributed by atoms with Gasteiger partial charge in [0.05, 0.1) is 6.20 Å². The predicted molar refractivity (Wildman–Crippen MR) is 50.6 cm³/mol. The standard InChI is InChI=1S/C7H10F3N3O3S/c1-4-11-3-6(13-4)17(15,16)12-2-5(14)7(8,9)10/h3,5,12,14H,2H2,1H3,(H,11,13). The largest absolute Gasteiger partial charge is 0.415 e. The zero-order chi connectivity index (χ0) is 13.3. The van der Waals surface area contributed by atoms with E-state index >= 15 is 0 Å². The van der Waals surface area contributed by atoms with Crippen LogP contribution >= 0.6 is 0 Å². The summed E-state index contributed by atoms with van der Waals surface area (Å²) in [5, 5.41) is 8.27. The monoisotopic (exact) mass is 273 g/mol. The van der Waals surface area contributed by atoms with Gasteiger partial charge in [0.2, 0.25) is 0 Å². The van der Waals surface area contributed by atoms with Crippen LogP contribution in [0.5, 0.6) is 0 Å². The van der Waals surface area contributed by atoms with E-state index < -0.39 is 28.8 Å². The Balaban J connectivity index is 2.69. The molecule has 0 saturated carbocycles. The minimum atomic E-state index is -4.87. The molecule has 0 aliphatic rings. The highest BCUT2D eigenvalue weighted by atomic mass is 32.2. The van der Waals surface area contributed by atoms with E-state index in [1.165, 1.54) is 6.92 Å². The average Bonchev–Trinajstić information content (AvgIpc) is 2.60. The molecule has 1 rings (SSSR count). The molecule has 0 radical (unpaired) electrons. The summed E-state index contributed by atoms with van der Waals surface area (Å²) in [6, 6.07) is 0. The van der Waals surface area contributed by atoms with Gasteiger partial charge in [-0.15, -0.1) is 0 Å². The van der Waals surface area contributed by atoms with E-state index in [1.807, 2.05) is 0 Å². The number of aromatic amines is 1. The van der Waals surface area contributed by atoms with Crippen LogP contribution in [0.25, 0.3) is 0 Å². The highest BCUT2D eigenvalue weighted by Gasteiger charge is 2.38. The minimum absolute atomic E-state index is 0.307. The molecule has 1 aromatic heterocycles. The zero-order valence-corrected chi connectivity index (χ0v) is 9.43. The number of imidazole rings is 1. The Bertz CT molecular complexity index is 482. The first-order valence-corrected chi connectivity index (χ1v) is 5.87. The number of sulfonamides is 1. The molecule has 0 spiro atoms. The number of aryl methyl sites for hydroxylation is 1. The Morgan fingerprint density at radius 3 is 2.59 bits per heavy atom.